The summed E-state index contributed by atoms with van der Waals surface area (Å²) in [5.74, 6) is 0.0676. The molecule has 4 heteroatoms. The fourth-order valence-electron chi connectivity index (χ4n) is 4.52. The second kappa shape index (κ2) is 5.30. The van der Waals surface area contributed by atoms with Gasteiger partial charge in [0.15, 0.2) is 0 Å². The van der Waals surface area contributed by atoms with Gasteiger partial charge in [-0.2, -0.15) is 5.26 Å². The van der Waals surface area contributed by atoms with Crippen molar-refractivity contribution in [3.05, 3.63) is 77.2 Å². The number of nitriles is 1. The molecular formula is C21H17N3O. The molecule has 2 aromatic carbocycles. The van der Waals surface area contributed by atoms with Crippen LogP contribution in [-0.4, -0.2) is 14.7 Å². The van der Waals surface area contributed by atoms with Crippen molar-refractivity contribution in [2.75, 3.05) is 0 Å². The first-order valence-electron chi connectivity index (χ1n) is 8.60. The number of aliphatic hydroxyl groups excluding tert-OH is 1. The van der Waals surface area contributed by atoms with Crippen LogP contribution in [0.15, 0.2) is 55.0 Å². The fraction of sp³-hybridized carbons (Fsp3) is 0.238. The van der Waals surface area contributed by atoms with Crippen molar-refractivity contribution >= 4 is 0 Å². The van der Waals surface area contributed by atoms with E-state index in [0.29, 0.717) is 5.56 Å². The van der Waals surface area contributed by atoms with Crippen LogP contribution in [0.4, 0.5) is 0 Å². The second-order valence-corrected chi connectivity index (χ2v) is 6.89. The molecule has 1 aliphatic carbocycles. The highest BCUT2D eigenvalue weighted by Gasteiger charge is 2.40. The van der Waals surface area contributed by atoms with Crippen molar-refractivity contribution in [1.29, 1.82) is 5.26 Å². The number of fused-ring (bicyclic) bond motifs is 4. The predicted octanol–water partition coefficient (Wildman–Crippen LogP) is 3.62. The maximum absolute atomic E-state index is 11.1. The van der Waals surface area contributed by atoms with Gasteiger partial charge in [-0.25, -0.2) is 4.98 Å². The quantitative estimate of drug-likeness (QED) is 0.742. The minimum Gasteiger partial charge on any atom is -0.388 e. The summed E-state index contributed by atoms with van der Waals surface area (Å²) < 4.78 is 2.19. The van der Waals surface area contributed by atoms with Gasteiger partial charge in [0.25, 0.3) is 0 Å². The molecule has 4 nitrogen and oxygen atoms in total. The molecule has 0 amide bonds. The normalized spacial score (nSPS) is 23.4. The summed E-state index contributed by atoms with van der Waals surface area (Å²) in [7, 11) is 0. The molecule has 2 aliphatic rings. The average molecular weight is 327 g/mol. The first-order chi connectivity index (χ1) is 12.3. The summed E-state index contributed by atoms with van der Waals surface area (Å²) in [6, 6.07) is 16.3. The van der Waals surface area contributed by atoms with Crippen molar-refractivity contribution in [2.45, 2.75) is 25.0 Å². The first kappa shape index (κ1) is 14.4. The highest BCUT2D eigenvalue weighted by molar-refractivity contribution is 5.69. The van der Waals surface area contributed by atoms with Crippen molar-refractivity contribution in [3.8, 4) is 17.3 Å². The van der Waals surface area contributed by atoms with Crippen molar-refractivity contribution < 1.29 is 5.11 Å². The Morgan fingerprint density at radius 3 is 2.92 bits per heavy atom. The molecule has 0 bridgehead atoms. The Morgan fingerprint density at radius 1 is 1.16 bits per heavy atom. The lowest BCUT2D eigenvalue weighted by atomic mass is 9.75. The maximum Gasteiger partial charge on any atom is 0.0991 e. The van der Waals surface area contributed by atoms with Crippen molar-refractivity contribution in [2.24, 2.45) is 5.92 Å². The average Bonchev–Trinajstić information content (AvgIpc) is 3.23. The van der Waals surface area contributed by atoms with Crippen LogP contribution in [0.25, 0.3) is 11.3 Å². The van der Waals surface area contributed by atoms with E-state index in [1.807, 2.05) is 36.8 Å². The third-order valence-electron chi connectivity index (χ3n) is 5.67. The third-order valence-corrected chi connectivity index (χ3v) is 5.67. The molecule has 3 aromatic rings. The monoisotopic (exact) mass is 327 g/mol. The summed E-state index contributed by atoms with van der Waals surface area (Å²) in [5.41, 5.74) is 6.23. The van der Waals surface area contributed by atoms with Gasteiger partial charge in [0.2, 0.25) is 0 Å². The van der Waals surface area contributed by atoms with E-state index in [9.17, 15) is 10.4 Å². The van der Waals surface area contributed by atoms with Gasteiger partial charge >= 0.3 is 0 Å². The van der Waals surface area contributed by atoms with E-state index in [-0.39, 0.29) is 12.0 Å². The van der Waals surface area contributed by atoms with Crippen LogP contribution >= 0.6 is 0 Å². The van der Waals surface area contributed by atoms with Crippen LogP contribution in [0.5, 0.6) is 0 Å². The topological polar surface area (TPSA) is 61.8 Å². The molecule has 0 saturated carbocycles. The van der Waals surface area contributed by atoms with Gasteiger partial charge in [0, 0.05) is 11.5 Å². The Balaban J connectivity index is 1.62. The number of nitrogens with zero attached hydrogens (tertiary/aromatic N) is 3. The molecular weight excluding hydrogens is 310 g/mol. The largest absolute Gasteiger partial charge is 0.388 e. The minimum absolute atomic E-state index is 0.0676. The van der Waals surface area contributed by atoms with Crippen LogP contribution in [-0.2, 0) is 6.42 Å². The van der Waals surface area contributed by atoms with Crippen LogP contribution in [0.2, 0.25) is 0 Å². The smallest absolute Gasteiger partial charge is 0.0991 e. The molecule has 1 aliphatic heterocycles. The Labute approximate surface area is 146 Å². The van der Waals surface area contributed by atoms with E-state index in [1.54, 1.807) is 0 Å². The lowest BCUT2D eigenvalue weighted by Crippen LogP contribution is -2.28. The zero-order valence-corrected chi connectivity index (χ0v) is 13.6. The molecule has 0 spiro atoms. The fourth-order valence-corrected chi connectivity index (χ4v) is 4.52. The zero-order valence-electron chi connectivity index (χ0n) is 13.6. The van der Waals surface area contributed by atoms with Gasteiger partial charge in [0.05, 0.1) is 42.0 Å². The van der Waals surface area contributed by atoms with Crippen molar-refractivity contribution in [1.82, 2.24) is 9.55 Å². The van der Waals surface area contributed by atoms with Crippen LogP contribution in [0.1, 0.15) is 40.8 Å². The molecule has 0 saturated heterocycles. The van der Waals surface area contributed by atoms with E-state index in [1.165, 1.54) is 11.1 Å². The van der Waals surface area contributed by atoms with Crippen LogP contribution < -0.4 is 0 Å². The Bertz CT molecular complexity index is 1010. The number of hydrogen-bond acceptors (Lipinski definition) is 3. The lowest BCUT2D eigenvalue weighted by Gasteiger charge is -2.35. The standard InChI is InChI=1S/C21H17N3O/c22-10-13-5-6-14-7-8-17(21(25)18(14)9-13)20-16-4-2-1-3-15(16)19-11-23-12-24(19)20/h1-6,9,11-12,17,20-21,25H,7-8H2/t17?,20-,21?/m1/s1. The third kappa shape index (κ3) is 2.00. The van der Waals surface area contributed by atoms with Crippen molar-refractivity contribution in [3.63, 3.8) is 0 Å². The molecule has 1 aromatic heterocycles. The Morgan fingerprint density at radius 2 is 2.04 bits per heavy atom. The molecule has 5 rings (SSSR count). The number of hydrogen-bond donors (Lipinski definition) is 1. The van der Waals surface area contributed by atoms with Crippen LogP contribution in [0, 0.1) is 17.2 Å². The Hall–Kier alpha value is -2.90. The SMILES string of the molecule is N#Cc1ccc2c(c1)C(O)C([C@H]1c3ccccc3-c3cncn31)CC2. The summed E-state index contributed by atoms with van der Waals surface area (Å²) >= 11 is 0. The van der Waals surface area contributed by atoms with Gasteiger partial charge in [-0.15, -0.1) is 0 Å². The Kier molecular flexibility index (Phi) is 3.06. The number of imidazole rings is 1. The molecule has 0 fully saturated rings. The van der Waals surface area contributed by atoms with E-state index in [2.05, 4.69) is 33.8 Å². The molecule has 1 N–H and O–H groups in total. The number of aliphatic hydroxyl groups is 1. The number of benzene rings is 2. The van der Waals surface area contributed by atoms with Gasteiger partial charge in [-0.1, -0.05) is 30.3 Å². The highest BCUT2D eigenvalue weighted by atomic mass is 16.3. The highest BCUT2D eigenvalue weighted by Crippen LogP contribution is 2.49. The summed E-state index contributed by atoms with van der Waals surface area (Å²) in [6.07, 6.45) is 5.02. The second-order valence-electron chi connectivity index (χ2n) is 6.89. The van der Waals surface area contributed by atoms with Gasteiger partial charge in [-0.05, 0) is 41.7 Å². The molecule has 0 radical (unpaired) electrons. The molecule has 25 heavy (non-hydrogen) atoms. The maximum atomic E-state index is 11.1. The zero-order chi connectivity index (χ0) is 17.0. The molecule has 122 valence electrons. The number of aromatic nitrogens is 2. The van der Waals surface area contributed by atoms with Crippen LogP contribution in [0.3, 0.4) is 0 Å². The summed E-state index contributed by atoms with van der Waals surface area (Å²) in [4.78, 5) is 4.32. The number of aryl methyl sites for hydroxylation is 1. The molecule has 3 atom stereocenters. The summed E-state index contributed by atoms with van der Waals surface area (Å²) in [6.45, 7) is 0. The van der Waals surface area contributed by atoms with E-state index in [4.69, 9.17) is 0 Å². The number of rotatable bonds is 1. The van der Waals surface area contributed by atoms with Gasteiger partial charge in [-0.3, -0.25) is 0 Å². The lowest BCUT2D eigenvalue weighted by molar-refractivity contribution is 0.0720. The van der Waals surface area contributed by atoms with Gasteiger partial charge < -0.3 is 9.67 Å². The predicted molar refractivity (Wildman–Crippen MR) is 93.7 cm³/mol. The van der Waals surface area contributed by atoms with E-state index in [0.717, 1.165) is 29.7 Å². The van der Waals surface area contributed by atoms with Gasteiger partial charge in [0.1, 0.15) is 0 Å². The van der Waals surface area contributed by atoms with E-state index >= 15 is 0 Å². The first-order valence-corrected chi connectivity index (χ1v) is 8.60. The summed E-state index contributed by atoms with van der Waals surface area (Å²) in [5, 5.41) is 20.3. The minimum atomic E-state index is -0.580. The molecule has 2 heterocycles. The van der Waals surface area contributed by atoms with E-state index < -0.39 is 6.10 Å². The molecule has 2 unspecified atom stereocenters.